The van der Waals surface area contributed by atoms with E-state index in [1.807, 2.05) is 35.5 Å². The highest BCUT2D eigenvalue weighted by Crippen LogP contribution is 2.25. The molecule has 3 aromatic rings. The van der Waals surface area contributed by atoms with Gasteiger partial charge in [0, 0.05) is 36.4 Å². The van der Waals surface area contributed by atoms with Crippen LogP contribution in [0.15, 0.2) is 48.8 Å². The maximum Gasteiger partial charge on any atom is 0.227 e. The van der Waals surface area contributed by atoms with E-state index >= 15 is 0 Å². The SMILES string of the molecule is O=C(Cc1c[nH]c2ncc(-c3ccccc3)cc12)N1CCCC1. The molecule has 4 rings (SSSR count). The molecule has 1 aliphatic heterocycles. The van der Waals surface area contributed by atoms with Crippen LogP contribution in [0.25, 0.3) is 22.2 Å². The van der Waals surface area contributed by atoms with E-state index in [4.69, 9.17) is 0 Å². The molecule has 1 amide bonds. The summed E-state index contributed by atoms with van der Waals surface area (Å²) < 4.78 is 0. The lowest BCUT2D eigenvalue weighted by molar-refractivity contribution is -0.129. The molecule has 4 heteroatoms. The third-order valence-electron chi connectivity index (χ3n) is 4.52. The summed E-state index contributed by atoms with van der Waals surface area (Å²) in [5, 5.41) is 1.04. The van der Waals surface area contributed by atoms with Crippen LogP contribution in [0.3, 0.4) is 0 Å². The molecule has 0 radical (unpaired) electrons. The first-order valence-corrected chi connectivity index (χ1v) is 8.10. The molecule has 0 unspecified atom stereocenters. The largest absolute Gasteiger partial charge is 0.346 e. The average Bonchev–Trinajstić information content (AvgIpc) is 3.25. The van der Waals surface area contributed by atoms with Gasteiger partial charge in [-0.1, -0.05) is 30.3 Å². The van der Waals surface area contributed by atoms with Crippen LogP contribution in [-0.4, -0.2) is 33.9 Å². The molecular weight excluding hydrogens is 286 g/mol. The molecule has 4 nitrogen and oxygen atoms in total. The lowest BCUT2D eigenvalue weighted by atomic mass is 10.0. The molecule has 3 heterocycles. The Morgan fingerprint density at radius 3 is 2.70 bits per heavy atom. The van der Waals surface area contributed by atoms with E-state index in [0.717, 1.165) is 53.7 Å². The first kappa shape index (κ1) is 14.0. The number of nitrogens with one attached hydrogen (secondary N) is 1. The number of carbonyl (C=O) groups excluding carboxylic acids is 1. The molecule has 2 aromatic heterocycles. The Labute approximate surface area is 135 Å². The van der Waals surface area contributed by atoms with Crippen molar-refractivity contribution in [1.82, 2.24) is 14.9 Å². The number of pyridine rings is 1. The molecule has 23 heavy (non-hydrogen) atoms. The number of rotatable bonds is 3. The number of H-pyrrole nitrogens is 1. The van der Waals surface area contributed by atoms with Gasteiger partial charge in [0.1, 0.15) is 5.65 Å². The van der Waals surface area contributed by atoms with Crippen molar-refractivity contribution in [3.63, 3.8) is 0 Å². The van der Waals surface area contributed by atoms with Gasteiger partial charge >= 0.3 is 0 Å². The second-order valence-electron chi connectivity index (χ2n) is 6.06. The summed E-state index contributed by atoms with van der Waals surface area (Å²) >= 11 is 0. The van der Waals surface area contributed by atoms with Crippen LogP contribution in [0.1, 0.15) is 18.4 Å². The number of hydrogen-bond donors (Lipinski definition) is 1. The van der Waals surface area contributed by atoms with Crippen molar-refractivity contribution >= 4 is 16.9 Å². The average molecular weight is 305 g/mol. The number of aromatic nitrogens is 2. The number of fused-ring (bicyclic) bond motifs is 1. The van der Waals surface area contributed by atoms with Crippen molar-refractivity contribution in [2.45, 2.75) is 19.3 Å². The van der Waals surface area contributed by atoms with Crippen LogP contribution < -0.4 is 0 Å². The van der Waals surface area contributed by atoms with Gasteiger partial charge in [-0.3, -0.25) is 4.79 Å². The molecule has 1 saturated heterocycles. The van der Waals surface area contributed by atoms with E-state index in [2.05, 4.69) is 28.2 Å². The van der Waals surface area contributed by atoms with Gasteiger partial charge in [-0.15, -0.1) is 0 Å². The predicted octanol–water partition coefficient (Wildman–Crippen LogP) is 3.39. The van der Waals surface area contributed by atoms with Crippen LogP contribution in [0, 0.1) is 0 Å². The van der Waals surface area contributed by atoms with Crippen LogP contribution in [-0.2, 0) is 11.2 Å². The molecule has 0 spiro atoms. The van der Waals surface area contributed by atoms with E-state index in [1.165, 1.54) is 0 Å². The van der Waals surface area contributed by atoms with Crippen molar-refractivity contribution in [2.75, 3.05) is 13.1 Å². The summed E-state index contributed by atoms with van der Waals surface area (Å²) in [4.78, 5) is 22.1. The first-order valence-electron chi connectivity index (χ1n) is 8.10. The monoisotopic (exact) mass is 305 g/mol. The summed E-state index contributed by atoms with van der Waals surface area (Å²) in [6.07, 6.45) is 6.49. The standard InChI is InChI=1S/C19H19N3O/c23-18(22-8-4-5-9-22)11-16-13-21-19-17(16)10-15(12-20-19)14-6-2-1-3-7-14/h1-3,6-7,10,12-13H,4-5,8-9,11H2,(H,20,21). The molecule has 0 aliphatic carbocycles. The van der Waals surface area contributed by atoms with Crippen LogP contribution >= 0.6 is 0 Å². The van der Waals surface area contributed by atoms with Gasteiger partial charge in [0.05, 0.1) is 6.42 Å². The highest BCUT2D eigenvalue weighted by molar-refractivity contribution is 5.89. The highest BCUT2D eigenvalue weighted by Gasteiger charge is 2.19. The predicted molar refractivity (Wildman–Crippen MR) is 91.0 cm³/mol. The Morgan fingerprint density at radius 2 is 1.91 bits per heavy atom. The van der Waals surface area contributed by atoms with Crippen molar-refractivity contribution in [3.05, 3.63) is 54.4 Å². The Kier molecular flexibility index (Phi) is 3.58. The van der Waals surface area contributed by atoms with E-state index in [9.17, 15) is 4.79 Å². The molecule has 0 bridgehead atoms. The molecule has 1 aromatic carbocycles. The summed E-state index contributed by atoms with van der Waals surface area (Å²) in [5.74, 6) is 0.216. The molecule has 116 valence electrons. The number of likely N-dealkylation sites (tertiary alicyclic amines) is 1. The van der Waals surface area contributed by atoms with Crippen molar-refractivity contribution in [2.24, 2.45) is 0 Å². The smallest absolute Gasteiger partial charge is 0.227 e. The third kappa shape index (κ3) is 2.72. The minimum atomic E-state index is 0.216. The van der Waals surface area contributed by atoms with Crippen molar-refractivity contribution < 1.29 is 4.79 Å². The number of amides is 1. The molecule has 1 aliphatic rings. The lowest BCUT2D eigenvalue weighted by Gasteiger charge is -2.14. The normalized spacial score (nSPS) is 14.5. The molecule has 1 fully saturated rings. The van der Waals surface area contributed by atoms with E-state index < -0.39 is 0 Å². The number of benzene rings is 1. The molecule has 1 N–H and O–H groups in total. The summed E-state index contributed by atoms with van der Waals surface area (Å²) in [7, 11) is 0. The van der Waals surface area contributed by atoms with Gasteiger partial charge in [-0.2, -0.15) is 0 Å². The molecule has 0 atom stereocenters. The highest BCUT2D eigenvalue weighted by atomic mass is 16.2. The van der Waals surface area contributed by atoms with Gasteiger partial charge < -0.3 is 9.88 Å². The Bertz CT molecular complexity index is 832. The van der Waals surface area contributed by atoms with Gasteiger partial charge in [0.15, 0.2) is 0 Å². The van der Waals surface area contributed by atoms with Crippen molar-refractivity contribution in [1.29, 1.82) is 0 Å². The van der Waals surface area contributed by atoms with E-state index in [1.54, 1.807) is 0 Å². The molecule has 0 saturated carbocycles. The number of carbonyl (C=O) groups is 1. The zero-order valence-electron chi connectivity index (χ0n) is 13.0. The fourth-order valence-corrected chi connectivity index (χ4v) is 3.23. The Morgan fingerprint density at radius 1 is 1.13 bits per heavy atom. The van der Waals surface area contributed by atoms with E-state index in [0.29, 0.717) is 6.42 Å². The number of nitrogens with zero attached hydrogens (tertiary/aromatic N) is 2. The third-order valence-corrected chi connectivity index (χ3v) is 4.52. The van der Waals surface area contributed by atoms with Gasteiger partial charge in [-0.25, -0.2) is 4.98 Å². The van der Waals surface area contributed by atoms with Gasteiger partial charge in [0.25, 0.3) is 0 Å². The number of hydrogen-bond acceptors (Lipinski definition) is 2. The zero-order valence-corrected chi connectivity index (χ0v) is 13.0. The van der Waals surface area contributed by atoms with Crippen LogP contribution in [0.4, 0.5) is 0 Å². The fraction of sp³-hybridized carbons (Fsp3) is 0.263. The topological polar surface area (TPSA) is 49.0 Å². The first-order chi connectivity index (χ1) is 11.3. The van der Waals surface area contributed by atoms with Crippen molar-refractivity contribution in [3.8, 4) is 11.1 Å². The maximum absolute atomic E-state index is 12.4. The lowest BCUT2D eigenvalue weighted by Crippen LogP contribution is -2.28. The van der Waals surface area contributed by atoms with Gasteiger partial charge in [-0.05, 0) is 30.0 Å². The summed E-state index contributed by atoms with van der Waals surface area (Å²) in [6, 6.07) is 12.3. The Hall–Kier alpha value is -2.62. The minimum absolute atomic E-state index is 0.216. The Balaban J connectivity index is 1.66. The second-order valence-corrected chi connectivity index (χ2v) is 6.06. The quantitative estimate of drug-likeness (QED) is 0.806. The summed E-state index contributed by atoms with van der Waals surface area (Å²) in [5.41, 5.74) is 4.09. The number of aromatic amines is 1. The summed E-state index contributed by atoms with van der Waals surface area (Å²) in [6.45, 7) is 1.80. The van der Waals surface area contributed by atoms with Gasteiger partial charge in [0.2, 0.25) is 5.91 Å². The minimum Gasteiger partial charge on any atom is -0.346 e. The zero-order chi connectivity index (χ0) is 15.6. The fourth-order valence-electron chi connectivity index (χ4n) is 3.23. The van der Waals surface area contributed by atoms with Crippen LogP contribution in [0.2, 0.25) is 0 Å². The second kappa shape index (κ2) is 5.88. The van der Waals surface area contributed by atoms with E-state index in [-0.39, 0.29) is 5.91 Å². The molecular formula is C19H19N3O. The maximum atomic E-state index is 12.4. The van der Waals surface area contributed by atoms with Crippen LogP contribution in [0.5, 0.6) is 0 Å².